The van der Waals surface area contributed by atoms with Crippen molar-refractivity contribution < 1.29 is 9.21 Å². The third-order valence-corrected chi connectivity index (χ3v) is 5.74. The van der Waals surface area contributed by atoms with Gasteiger partial charge in [-0.15, -0.1) is 0 Å². The van der Waals surface area contributed by atoms with E-state index in [9.17, 15) is 4.79 Å². The number of aromatic nitrogens is 1. The Bertz CT molecular complexity index is 890. The summed E-state index contributed by atoms with van der Waals surface area (Å²) in [6.07, 6.45) is 5.83. The van der Waals surface area contributed by atoms with Crippen LogP contribution in [0.4, 0.5) is 0 Å². The first kappa shape index (κ1) is 21.3. The van der Waals surface area contributed by atoms with Gasteiger partial charge < -0.3 is 14.6 Å². The fraction of sp³-hybridized carbons (Fsp3) is 0.385. The molecule has 1 aliphatic heterocycles. The minimum Gasteiger partial charge on any atom is -0.440 e. The maximum Gasteiger partial charge on any atom is 0.220 e. The Morgan fingerprint density at radius 3 is 2.32 bits per heavy atom. The Hall–Kier alpha value is -2.92. The average Bonchev–Trinajstić information content (AvgIpc) is 3.27. The van der Waals surface area contributed by atoms with Gasteiger partial charge in [-0.3, -0.25) is 4.79 Å². The second-order valence-electron chi connectivity index (χ2n) is 8.12. The van der Waals surface area contributed by atoms with Gasteiger partial charge in [-0.25, -0.2) is 4.98 Å². The number of hydrogen-bond donors (Lipinski definition) is 1. The lowest BCUT2D eigenvalue weighted by atomic mass is 10.1. The van der Waals surface area contributed by atoms with Gasteiger partial charge >= 0.3 is 0 Å². The molecule has 0 aliphatic carbocycles. The first-order chi connectivity index (χ1) is 15.3. The first-order valence-electron chi connectivity index (χ1n) is 11.4. The van der Waals surface area contributed by atoms with E-state index in [1.807, 2.05) is 60.7 Å². The van der Waals surface area contributed by atoms with Crippen LogP contribution in [0, 0.1) is 0 Å². The van der Waals surface area contributed by atoms with Crippen LogP contribution in [0.2, 0.25) is 0 Å². The van der Waals surface area contributed by atoms with E-state index < -0.39 is 0 Å². The first-order valence-corrected chi connectivity index (χ1v) is 11.4. The van der Waals surface area contributed by atoms with Crippen LogP contribution in [0.5, 0.6) is 0 Å². The molecule has 5 nitrogen and oxygen atoms in total. The molecule has 1 N–H and O–H groups in total. The highest BCUT2D eigenvalue weighted by molar-refractivity contribution is 5.77. The topological polar surface area (TPSA) is 58.4 Å². The molecule has 5 heteroatoms. The predicted molar refractivity (Wildman–Crippen MR) is 124 cm³/mol. The molecule has 4 rings (SSSR count). The van der Waals surface area contributed by atoms with E-state index in [1.165, 1.54) is 32.4 Å². The Labute approximate surface area is 184 Å². The average molecular weight is 418 g/mol. The minimum absolute atomic E-state index is 0.0550. The SMILES string of the molecule is O=C(CCc1nc(-c2ccccc2)c(-c2ccccc2)o1)NCCCN1CCCCC1. The number of carbonyl (C=O) groups is 1. The van der Waals surface area contributed by atoms with Crippen molar-refractivity contribution in [2.24, 2.45) is 0 Å². The molecule has 0 saturated carbocycles. The van der Waals surface area contributed by atoms with Gasteiger partial charge in [-0.2, -0.15) is 0 Å². The largest absolute Gasteiger partial charge is 0.440 e. The third kappa shape index (κ3) is 6.05. The Balaban J connectivity index is 1.33. The molecule has 31 heavy (non-hydrogen) atoms. The molecule has 0 bridgehead atoms. The molecule has 0 radical (unpaired) electrons. The molecule has 1 saturated heterocycles. The summed E-state index contributed by atoms with van der Waals surface area (Å²) in [5.41, 5.74) is 2.82. The quantitative estimate of drug-likeness (QED) is 0.501. The summed E-state index contributed by atoms with van der Waals surface area (Å²) in [6.45, 7) is 4.20. The summed E-state index contributed by atoms with van der Waals surface area (Å²) < 4.78 is 6.11. The summed E-state index contributed by atoms with van der Waals surface area (Å²) in [5, 5.41) is 3.04. The van der Waals surface area contributed by atoms with E-state index >= 15 is 0 Å². The minimum atomic E-state index is 0.0550. The lowest BCUT2D eigenvalue weighted by Gasteiger charge is -2.26. The van der Waals surface area contributed by atoms with E-state index in [0.29, 0.717) is 18.7 Å². The molecule has 1 aromatic heterocycles. The van der Waals surface area contributed by atoms with Crippen molar-refractivity contribution in [3.8, 4) is 22.6 Å². The standard InChI is InChI=1S/C26H31N3O2/c30-23(27-17-10-20-29-18-8-3-9-19-29)15-16-24-28-25(21-11-4-1-5-12-21)26(31-24)22-13-6-2-7-14-22/h1-2,4-7,11-14H,3,8-10,15-20H2,(H,27,30). The zero-order valence-electron chi connectivity index (χ0n) is 18.1. The van der Waals surface area contributed by atoms with Crippen LogP contribution in [-0.4, -0.2) is 42.0 Å². The molecule has 1 aliphatic rings. The summed E-state index contributed by atoms with van der Waals surface area (Å²) >= 11 is 0. The fourth-order valence-electron chi connectivity index (χ4n) is 4.07. The normalized spacial score (nSPS) is 14.5. The van der Waals surface area contributed by atoms with Crippen LogP contribution >= 0.6 is 0 Å². The lowest BCUT2D eigenvalue weighted by molar-refractivity contribution is -0.121. The molecule has 0 spiro atoms. The lowest BCUT2D eigenvalue weighted by Crippen LogP contribution is -2.33. The molecular formula is C26H31N3O2. The summed E-state index contributed by atoms with van der Waals surface area (Å²) in [5.74, 6) is 1.41. The van der Waals surface area contributed by atoms with Crippen molar-refractivity contribution in [1.82, 2.24) is 15.2 Å². The Kier molecular flexibility index (Phi) is 7.51. The molecule has 1 fully saturated rings. The number of piperidine rings is 1. The number of nitrogens with one attached hydrogen (secondary N) is 1. The van der Waals surface area contributed by atoms with E-state index in [1.54, 1.807) is 0 Å². The van der Waals surface area contributed by atoms with Crippen LogP contribution in [0.15, 0.2) is 65.1 Å². The van der Waals surface area contributed by atoms with Crippen LogP contribution in [0.25, 0.3) is 22.6 Å². The van der Waals surface area contributed by atoms with Gasteiger partial charge in [-0.05, 0) is 38.9 Å². The van der Waals surface area contributed by atoms with Crippen LogP contribution < -0.4 is 5.32 Å². The second-order valence-corrected chi connectivity index (χ2v) is 8.12. The second kappa shape index (κ2) is 10.9. The van der Waals surface area contributed by atoms with Crippen molar-refractivity contribution in [3.05, 3.63) is 66.6 Å². The number of oxazole rings is 1. The molecule has 162 valence electrons. The molecule has 2 aromatic carbocycles. The smallest absolute Gasteiger partial charge is 0.220 e. The summed E-state index contributed by atoms with van der Waals surface area (Å²) in [7, 11) is 0. The number of rotatable bonds is 9. The number of amides is 1. The van der Waals surface area contributed by atoms with Crippen molar-refractivity contribution in [1.29, 1.82) is 0 Å². The molecule has 0 atom stereocenters. The van der Waals surface area contributed by atoms with Gasteiger partial charge in [0, 0.05) is 30.5 Å². The predicted octanol–water partition coefficient (Wildman–Crippen LogP) is 4.93. The highest BCUT2D eigenvalue weighted by Gasteiger charge is 2.17. The van der Waals surface area contributed by atoms with E-state index in [0.717, 1.165) is 42.1 Å². The maximum absolute atomic E-state index is 12.3. The van der Waals surface area contributed by atoms with Crippen LogP contribution in [-0.2, 0) is 11.2 Å². The van der Waals surface area contributed by atoms with Crippen molar-refractivity contribution in [3.63, 3.8) is 0 Å². The summed E-state index contributed by atoms with van der Waals surface area (Å²) in [6, 6.07) is 20.0. The Morgan fingerprint density at radius 2 is 1.61 bits per heavy atom. The molecular weight excluding hydrogens is 386 g/mol. The van der Waals surface area contributed by atoms with E-state index in [2.05, 4.69) is 10.2 Å². The number of likely N-dealkylation sites (tertiary alicyclic amines) is 1. The van der Waals surface area contributed by atoms with E-state index in [-0.39, 0.29) is 5.91 Å². The number of hydrogen-bond acceptors (Lipinski definition) is 4. The zero-order valence-corrected chi connectivity index (χ0v) is 18.1. The molecule has 0 unspecified atom stereocenters. The number of benzene rings is 2. The highest BCUT2D eigenvalue weighted by Crippen LogP contribution is 2.32. The Morgan fingerprint density at radius 1 is 0.935 bits per heavy atom. The van der Waals surface area contributed by atoms with Gasteiger partial charge in [0.2, 0.25) is 5.91 Å². The third-order valence-electron chi connectivity index (χ3n) is 5.74. The van der Waals surface area contributed by atoms with Crippen molar-refractivity contribution in [2.45, 2.75) is 38.5 Å². The van der Waals surface area contributed by atoms with Gasteiger partial charge in [0.25, 0.3) is 0 Å². The van der Waals surface area contributed by atoms with Gasteiger partial charge in [0.1, 0.15) is 5.69 Å². The summed E-state index contributed by atoms with van der Waals surface area (Å²) in [4.78, 5) is 19.5. The van der Waals surface area contributed by atoms with Gasteiger partial charge in [-0.1, -0.05) is 67.1 Å². The number of aryl methyl sites for hydroxylation is 1. The van der Waals surface area contributed by atoms with Gasteiger partial charge in [0.05, 0.1) is 0 Å². The maximum atomic E-state index is 12.3. The van der Waals surface area contributed by atoms with Crippen molar-refractivity contribution >= 4 is 5.91 Å². The molecule has 1 amide bonds. The fourth-order valence-corrected chi connectivity index (χ4v) is 4.07. The van der Waals surface area contributed by atoms with Gasteiger partial charge in [0.15, 0.2) is 11.7 Å². The van der Waals surface area contributed by atoms with E-state index in [4.69, 9.17) is 9.40 Å². The van der Waals surface area contributed by atoms with Crippen LogP contribution in [0.3, 0.4) is 0 Å². The molecule has 3 aromatic rings. The number of nitrogens with zero attached hydrogens (tertiary/aromatic N) is 2. The number of carbonyl (C=O) groups excluding carboxylic acids is 1. The molecule has 2 heterocycles. The highest BCUT2D eigenvalue weighted by atomic mass is 16.4. The zero-order chi connectivity index (χ0) is 21.3. The van der Waals surface area contributed by atoms with Crippen LogP contribution in [0.1, 0.15) is 38.0 Å². The monoisotopic (exact) mass is 417 g/mol. The van der Waals surface area contributed by atoms with Crippen molar-refractivity contribution in [2.75, 3.05) is 26.2 Å².